The molecule has 0 N–H and O–H groups in total. The molecular formula is C19H14F7NO2S. The quantitative estimate of drug-likeness (QED) is 0.582. The normalized spacial score (nSPS) is 17.5. The second-order valence-corrected chi connectivity index (χ2v) is 9.06. The molecule has 30 heavy (non-hydrogen) atoms. The topological polar surface area (TPSA) is 47.0 Å². The maximum Gasteiger partial charge on any atom is 0.403 e. The van der Waals surface area contributed by atoms with Crippen molar-refractivity contribution in [3.63, 3.8) is 0 Å². The number of halogens is 7. The molecule has 0 aliphatic heterocycles. The van der Waals surface area contributed by atoms with E-state index in [1.54, 1.807) is 0 Å². The van der Waals surface area contributed by atoms with Crippen LogP contribution >= 0.6 is 0 Å². The smallest absolute Gasteiger partial charge is 0.254 e. The van der Waals surface area contributed by atoms with Gasteiger partial charge in [-0.25, -0.2) is 12.8 Å². The van der Waals surface area contributed by atoms with Crippen LogP contribution in [0.1, 0.15) is 24.1 Å². The van der Waals surface area contributed by atoms with E-state index < -0.39 is 46.3 Å². The second kappa shape index (κ2) is 7.07. The standard InChI is InChI=1S/C19H14F7NO2S/c1-30(28,29)13-5-2-11(3-6-13)14-8-17(18(21,22)23,19(24,25)26)9-15(14)16-7-4-12(20)10-27-16/h2-7,10H,8-9H2,1H3. The van der Waals surface area contributed by atoms with Gasteiger partial charge in [0.1, 0.15) is 5.82 Å². The summed E-state index contributed by atoms with van der Waals surface area (Å²) in [5, 5.41) is 0. The number of nitrogens with zero attached hydrogens (tertiary/aromatic N) is 1. The van der Waals surface area contributed by atoms with Gasteiger partial charge in [0.25, 0.3) is 0 Å². The van der Waals surface area contributed by atoms with Crippen molar-refractivity contribution in [2.75, 3.05) is 6.26 Å². The summed E-state index contributed by atoms with van der Waals surface area (Å²) >= 11 is 0. The zero-order valence-corrected chi connectivity index (χ0v) is 16.1. The average molecular weight is 453 g/mol. The molecule has 0 saturated heterocycles. The molecule has 2 aromatic rings. The van der Waals surface area contributed by atoms with E-state index in [4.69, 9.17) is 0 Å². The molecular weight excluding hydrogens is 439 g/mol. The zero-order chi connectivity index (χ0) is 22.5. The van der Waals surface area contributed by atoms with Crippen molar-refractivity contribution in [3.8, 4) is 0 Å². The van der Waals surface area contributed by atoms with Gasteiger partial charge in [-0.05, 0) is 53.8 Å². The molecule has 1 aliphatic rings. The van der Waals surface area contributed by atoms with Crippen molar-refractivity contribution in [2.24, 2.45) is 5.41 Å². The summed E-state index contributed by atoms with van der Waals surface area (Å²) in [5.41, 5.74) is -4.84. The van der Waals surface area contributed by atoms with E-state index in [0.29, 0.717) is 6.20 Å². The lowest BCUT2D eigenvalue weighted by atomic mass is 9.81. The van der Waals surface area contributed by atoms with Gasteiger partial charge in [-0.3, -0.25) is 4.98 Å². The number of pyridine rings is 1. The number of benzene rings is 1. The van der Waals surface area contributed by atoms with Crippen LogP contribution in [0.25, 0.3) is 11.1 Å². The molecule has 1 heterocycles. The van der Waals surface area contributed by atoms with Gasteiger partial charge >= 0.3 is 12.4 Å². The Bertz CT molecular complexity index is 1070. The molecule has 0 atom stereocenters. The van der Waals surface area contributed by atoms with Crippen LogP contribution in [-0.4, -0.2) is 32.0 Å². The summed E-state index contributed by atoms with van der Waals surface area (Å²) in [6.07, 6.45) is -12.4. The maximum atomic E-state index is 13.7. The number of aromatic nitrogens is 1. The van der Waals surface area contributed by atoms with Crippen molar-refractivity contribution in [2.45, 2.75) is 30.1 Å². The first-order chi connectivity index (χ1) is 13.7. The first-order valence-electron chi connectivity index (χ1n) is 8.44. The van der Waals surface area contributed by atoms with E-state index in [0.717, 1.165) is 42.7 Å². The molecule has 0 saturated carbocycles. The number of hydrogen-bond donors (Lipinski definition) is 0. The highest BCUT2D eigenvalue weighted by atomic mass is 32.2. The third kappa shape index (κ3) is 3.82. The van der Waals surface area contributed by atoms with Gasteiger partial charge in [0.15, 0.2) is 15.3 Å². The van der Waals surface area contributed by atoms with E-state index in [2.05, 4.69) is 4.98 Å². The Hall–Kier alpha value is -2.43. The van der Waals surface area contributed by atoms with Gasteiger partial charge in [0, 0.05) is 6.26 Å². The van der Waals surface area contributed by atoms with Gasteiger partial charge in [-0.15, -0.1) is 0 Å². The van der Waals surface area contributed by atoms with Crippen LogP contribution < -0.4 is 0 Å². The SMILES string of the molecule is CS(=O)(=O)c1ccc(C2=C(c3ccc(F)cn3)CC(C(F)(F)F)(C(F)(F)F)C2)cc1. The summed E-state index contributed by atoms with van der Waals surface area (Å²) in [6.45, 7) is 0. The lowest BCUT2D eigenvalue weighted by Gasteiger charge is -2.34. The van der Waals surface area contributed by atoms with Crippen LogP contribution in [0.5, 0.6) is 0 Å². The molecule has 162 valence electrons. The van der Waals surface area contributed by atoms with Gasteiger partial charge in [0.05, 0.1) is 16.8 Å². The highest BCUT2D eigenvalue weighted by Gasteiger charge is 2.72. The summed E-state index contributed by atoms with van der Waals surface area (Å²) < 4.78 is 118. The fourth-order valence-electron chi connectivity index (χ4n) is 3.42. The predicted molar refractivity (Wildman–Crippen MR) is 94.3 cm³/mol. The molecule has 1 aromatic carbocycles. The number of rotatable bonds is 3. The van der Waals surface area contributed by atoms with Crippen LogP contribution in [0.4, 0.5) is 30.7 Å². The number of allylic oxidation sites excluding steroid dienone is 2. The van der Waals surface area contributed by atoms with Crippen LogP contribution in [0.15, 0.2) is 47.5 Å². The molecule has 1 aliphatic carbocycles. The van der Waals surface area contributed by atoms with E-state index >= 15 is 0 Å². The molecule has 0 amide bonds. The van der Waals surface area contributed by atoms with Gasteiger partial charge < -0.3 is 0 Å². The van der Waals surface area contributed by atoms with E-state index in [1.807, 2.05) is 0 Å². The Morgan fingerprint density at radius 1 is 0.867 bits per heavy atom. The van der Waals surface area contributed by atoms with Crippen LogP contribution in [-0.2, 0) is 9.84 Å². The third-order valence-electron chi connectivity index (χ3n) is 5.07. The second-order valence-electron chi connectivity index (χ2n) is 7.05. The van der Waals surface area contributed by atoms with Crippen molar-refractivity contribution >= 4 is 21.0 Å². The van der Waals surface area contributed by atoms with E-state index in [9.17, 15) is 39.2 Å². The minimum Gasteiger partial charge on any atom is -0.254 e. The molecule has 3 nitrogen and oxygen atoms in total. The summed E-state index contributed by atoms with van der Waals surface area (Å²) in [5.74, 6) is -0.797. The summed E-state index contributed by atoms with van der Waals surface area (Å²) in [6, 6.07) is 6.42. The van der Waals surface area contributed by atoms with Crippen molar-refractivity contribution in [3.05, 3.63) is 59.7 Å². The lowest BCUT2D eigenvalue weighted by molar-refractivity contribution is -0.335. The molecule has 0 spiro atoms. The molecule has 0 fully saturated rings. The highest BCUT2D eigenvalue weighted by Crippen LogP contribution is 2.64. The molecule has 0 radical (unpaired) electrons. The first kappa shape index (κ1) is 22.3. The van der Waals surface area contributed by atoms with Crippen LogP contribution in [0.2, 0.25) is 0 Å². The highest BCUT2D eigenvalue weighted by molar-refractivity contribution is 7.90. The van der Waals surface area contributed by atoms with Gasteiger partial charge in [0.2, 0.25) is 0 Å². The summed E-state index contributed by atoms with van der Waals surface area (Å²) in [7, 11) is -3.61. The minimum absolute atomic E-state index is 0.00102. The van der Waals surface area contributed by atoms with Crippen molar-refractivity contribution < 1.29 is 39.2 Å². The monoisotopic (exact) mass is 453 g/mol. The Morgan fingerprint density at radius 3 is 1.83 bits per heavy atom. The minimum atomic E-state index is -5.61. The van der Waals surface area contributed by atoms with Crippen molar-refractivity contribution in [1.82, 2.24) is 4.98 Å². The molecule has 1 aromatic heterocycles. The number of alkyl halides is 6. The lowest BCUT2D eigenvalue weighted by Crippen LogP contribution is -2.48. The Kier molecular flexibility index (Phi) is 5.25. The third-order valence-corrected chi connectivity index (χ3v) is 6.20. The maximum absolute atomic E-state index is 13.7. The molecule has 11 heteroatoms. The van der Waals surface area contributed by atoms with Gasteiger partial charge in [-0.1, -0.05) is 12.1 Å². The fourth-order valence-corrected chi connectivity index (χ4v) is 4.05. The van der Waals surface area contributed by atoms with E-state index in [-0.39, 0.29) is 27.3 Å². The fraction of sp³-hybridized carbons (Fsp3) is 0.316. The Labute approximate surface area is 167 Å². The molecule has 0 bridgehead atoms. The first-order valence-corrected chi connectivity index (χ1v) is 10.3. The average Bonchev–Trinajstić information content (AvgIpc) is 3.04. The zero-order valence-electron chi connectivity index (χ0n) is 15.3. The largest absolute Gasteiger partial charge is 0.403 e. The van der Waals surface area contributed by atoms with E-state index in [1.165, 1.54) is 0 Å². The van der Waals surface area contributed by atoms with Gasteiger partial charge in [-0.2, -0.15) is 26.3 Å². The summed E-state index contributed by atoms with van der Waals surface area (Å²) in [4.78, 5) is 3.52. The molecule has 0 unspecified atom stereocenters. The van der Waals surface area contributed by atoms with Crippen molar-refractivity contribution in [1.29, 1.82) is 0 Å². The number of sulfone groups is 1. The Balaban J connectivity index is 2.20. The molecule has 3 rings (SSSR count). The predicted octanol–water partition coefficient (Wildman–Crippen LogP) is 5.44. The van der Waals surface area contributed by atoms with Crippen LogP contribution in [0.3, 0.4) is 0 Å². The Morgan fingerprint density at radius 2 is 1.40 bits per heavy atom. The van der Waals surface area contributed by atoms with Crippen LogP contribution in [0, 0.1) is 11.2 Å². The number of hydrogen-bond acceptors (Lipinski definition) is 3.